The molecule has 1 aromatic rings. The van der Waals surface area contributed by atoms with E-state index in [1.54, 1.807) is 16.7 Å². The SMILES string of the molecule is CCC1=C(c2ccoc2)[C@@]2(C)CC[C@H]3[C@@H]([C@@H](CC)C=C4C[C@@H](O)CC[C@@]43C)[C@@H]2C1. The van der Waals surface area contributed by atoms with Gasteiger partial charge in [0.05, 0.1) is 18.6 Å². The van der Waals surface area contributed by atoms with Gasteiger partial charge in [-0.3, -0.25) is 0 Å². The Kier molecular flexibility index (Phi) is 4.66. The van der Waals surface area contributed by atoms with Gasteiger partial charge in [-0.05, 0) is 97.5 Å². The first-order valence-corrected chi connectivity index (χ1v) is 12.1. The zero-order valence-electron chi connectivity index (χ0n) is 18.7. The molecular weight excluding hydrogens is 356 g/mol. The van der Waals surface area contributed by atoms with E-state index in [-0.39, 0.29) is 11.5 Å². The molecule has 2 nitrogen and oxygen atoms in total. The minimum absolute atomic E-state index is 0.121. The van der Waals surface area contributed by atoms with Crippen LogP contribution < -0.4 is 0 Å². The van der Waals surface area contributed by atoms with E-state index in [1.165, 1.54) is 37.7 Å². The van der Waals surface area contributed by atoms with E-state index in [2.05, 4.69) is 39.8 Å². The van der Waals surface area contributed by atoms with Gasteiger partial charge in [-0.1, -0.05) is 44.9 Å². The number of hydrogen-bond donors (Lipinski definition) is 1. The van der Waals surface area contributed by atoms with E-state index in [0.29, 0.717) is 11.3 Å². The van der Waals surface area contributed by atoms with Gasteiger partial charge in [0.2, 0.25) is 0 Å². The standard InChI is InChI=1S/C27H38O2/c1-5-17-13-20-15-21(28)7-10-26(20,3)22-8-11-27(4)23(24(17)22)14-18(6-2)25(27)19-9-12-29-16-19/h9,12-13,16-17,21-24,28H,5-8,10-11,14-15H2,1-4H3/t17-,21-,22-,23-,24+,26-,27-/m0/s1. The molecule has 0 spiro atoms. The summed E-state index contributed by atoms with van der Waals surface area (Å²) in [6.45, 7) is 9.83. The normalized spacial score (nSPS) is 44.2. The highest BCUT2D eigenvalue weighted by atomic mass is 16.3. The van der Waals surface area contributed by atoms with Gasteiger partial charge in [0.1, 0.15) is 0 Å². The molecule has 4 aliphatic rings. The van der Waals surface area contributed by atoms with Crippen LogP contribution >= 0.6 is 0 Å². The van der Waals surface area contributed by atoms with Crippen LogP contribution in [0.3, 0.4) is 0 Å². The van der Waals surface area contributed by atoms with Crippen molar-refractivity contribution in [1.82, 2.24) is 0 Å². The molecule has 2 saturated carbocycles. The first kappa shape index (κ1) is 19.7. The second-order valence-corrected chi connectivity index (χ2v) is 10.9. The summed E-state index contributed by atoms with van der Waals surface area (Å²) < 4.78 is 5.52. The molecule has 0 aliphatic heterocycles. The molecule has 158 valence electrons. The van der Waals surface area contributed by atoms with E-state index in [1.807, 2.05) is 12.5 Å². The number of aliphatic hydroxyl groups is 1. The molecule has 0 saturated heterocycles. The fraction of sp³-hybridized carbons (Fsp3) is 0.704. The zero-order valence-corrected chi connectivity index (χ0v) is 18.7. The maximum atomic E-state index is 10.4. The summed E-state index contributed by atoms with van der Waals surface area (Å²) in [5.74, 6) is 2.96. The predicted molar refractivity (Wildman–Crippen MR) is 118 cm³/mol. The van der Waals surface area contributed by atoms with Crippen LogP contribution in [-0.4, -0.2) is 11.2 Å². The number of hydrogen-bond acceptors (Lipinski definition) is 2. The van der Waals surface area contributed by atoms with Crippen molar-refractivity contribution in [2.24, 2.45) is 34.5 Å². The zero-order chi connectivity index (χ0) is 20.4. The summed E-state index contributed by atoms with van der Waals surface area (Å²) in [5.41, 5.74) is 6.79. The first-order chi connectivity index (χ1) is 13.9. The van der Waals surface area contributed by atoms with Gasteiger partial charge in [0.25, 0.3) is 0 Å². The average Bonchev–Trinajstić information content (AvgIpc) is 3.32. The molecule has 2 heteroatoms. The van der Waals surface area contributed by atoms with Crippen LogP contribution in [0.4, 0.5) is 0 Å². The number of furan rings is 1. The van der Waals surface area contributed by atoms with Crippen LogP contribution in [0.5, 0.6) is 0 Å². The van der Waals surface area contributed by atoms with Crippen molar-refractivity contribution in [1.29, 1.82) is 0 Å². The second-order valence-electron chi connectivity index (χ2n) is 10.9. The molecule has 7 atom stereocenters. The quantitative estimate of drug-likeness (QED) is 0.559. The number of aliphatic hydroxyl groups excluding tert-OH is 1. The Labute approximate surface area is 176 Å². The molecule has 1 aromatic heterocycles. The largest absolute Gasteiger partial charge is 0.472 e. The summed E-state index contributed by atoms with van der Waals surface area (Å²) in [6.07, 6.45) is 15.7. The van der Waals surface area contributed by atoms with Crippen molar-refractivity contribution < 1.29 is 9.52 Å². The van der Waals surface area contributed by atoms with Crippen LogP contribution in [-0.2, 0) is 0 Å². The number of allylic oxidation sites excluding steroid dienone is 3. The molecule has 1 N–H and O–H groups in total. The molecular formula is C27H38O2. The molecule has 0 unspecified atom stereocenters. The highest BCUT2D eigenvalue weighted by Gasteiger charge is 2.59. The summed E-state index contributed by atoms with van der Waals surface area (Å²) in [6, 6.07) is 2.19. The van der Waals surface area contributed by atoms with E-state index in [9.17, 15) is 5.11 Å². The van der Waals surface area contributed by atoms with E-state index in [4.69, 9.17) is 4.42 Å². The minimum Gasteiger partial charge on any atom is -0.472 e. The van der Waals surface area contributed by atoms with Crippen molar-refractivity contribution >= 4 is 5.57 Å². The highest BCUT2D eigenvalue weighted by Crippen LogP contribution is 2.69. The average molecular weight is 395 g/mol. The van der Waals surface area contributed by atoms with Crippen molar-refractivity contribution in [3.05, 3.63) is 41.4 Å². The smallest absolute Gasteiger partial charge is 0.0977 e. The van der Waals surface area contributed by atoms with E-state index >= 15 is 0 Å². The molecule has 1 heterocycles. The fourth-order valence-electron chi connectivity index (χ4n) is 8.24. The molecule has 0 amide bonds. The molecule has 0 aromatic carbocycles. The van der Waals surface area contributed by atoms with Crippen LogP contribution in [0.1, 0.15) is 84.6 Å². The second kappa shape index (κ2) is 6.87. The van der Waals surface area contributed by atoms with E-state index in [0.717, 1.165) is 37.0 Å². The summed E-state index contributed by atoms with van der Waals surface area (Å²) in [7, 11) is 0. The highest BCUT2D eigenvalue weighted by molar-refractivity contribution is 5.75. The number of fused-ring (bicyclic) bond motifs is 5. The van der Waals surface area contributed by atoms with Crippen LogP contribution in [0.25, 0.3) is 5.57 Å². The van der Waals surface area contributed by atoms with E-state index < -0.39 is 0 Å². The molecule has 2 fully saturated rings. The third-order valence-corrected chi connectivity index (χ3v) is 9.74. The minimum atomic E-state index is -0.121. The van der Waals surface area contributed by atoms with Crippen LogP contribution in [0.15, 0.2) is 40.2 Å². The molecule has 4 aliphatic carbocycles. The Bertz CT molecular complexity index is 831. The third-order valence-electron chi connectivity index (χ3n) is 9.74. The lowest BCUT2D eigenvalue weighted by atomic mass is 9.45. The molecule has 0 radical (unpaired) electrons. The van der Waals surface area contributed by atoms with Gasteiger partial charge in [-0.2, -0.15) is 0 Å². The third kappa shape index (κ3) is 2.70. The van der Waals surface area contributed by atoms with Crippen LogP contribution in [0, 0.1) is 34.5 Å². The topological polar surface area (TPSA) is 33.4 Å². The predicted octanol–water partition coefficient (Wildman–Crippen LogP) is 7.01. The Hall–Kier alpha value is -1.28. The maximum absolute atomic E-state index is 10.4. The monoisotopic (exact) mass is 394 g/mol. The van der Waals surface area contributed by atoms with Gasteiger partial charge in [-0.15, -0.1) is 0 Å². The molecule has 5 rings (SSSR count). The van der Waals surface area contributed by atoms with Gasteiger partial charge in [0, 0.05) is 5.56 Å². The van der Waals surface area contributed by atoms with Gasteiger partial charge in [-0.25, -0.2) is 0 Å². The van der Waals surface area contributed by atoms with Gasteiger partial charge in [0.15, 0.2) is 0 Å². The summed E-state index contributed by atoms with van der Waals surface area (Å²) >= 11 is 0. The molecule has 29 heavy (non-hydrogen) atoms. The van der Waals surface area contributed by atoms with Gasteiger partial charge >= 0.3 is 0 Å². The van der Waals surface area contributed by atoms with Gasteiger partial charge < -0.3 is 9.52 Å². The maximum Gasteiger partial charge on any atom is 0.0977 e. The molecule has 0 bridgehead atoms. The Morgan fingerprint density at radius 2 is 1.86 bits per heavy atom. The van der Waals surface area contributed by atoms with Crippen LogP contribution in [0.2, 0.25) is 0 Å². The van der Waals surface area contributed by atoms with Crippen molar-refractivity contribution in [2.75, 3.05) is 0 Å². The lowest BCUT2D eigenvalue weighted by Crippen LogP contribution is -2.52. The Morgan fingerprint density at radius 1 is 1.07 bits per heavy atom. The van der Waals surface area contributed by atoms with Crippen molar-refractivity contribution in [3.8, 4) is 0 Å². The lowest BCUT2D eigenvalue weighted by molar-refractivity contribution is -0.0468. The lowest BCUT2D eigenvalue weighted by Gasteiger charge is -2.59. The first-order valence-electron chi connectivity index (χ1n) is 12.1. The van der Waals surface area contributed by atoms with Crippen molar-refractivity contribution in [3.63, 3.8) is 0 Å². The fourth-order valence-corrected chi connectivity index (χ4v) is 8.24. The summed E-state index contributed by atoms with van der Waals surface area (Å²) in [5, 5.41) is 10.4. The van der Waals surface area contributed by atoms with Crippen molar-refractivity contribution in [2.45, 2.75) is 85.2 Å². The summed E-state index contributed by atoms with van der Waals surface area (Å²) in [4.78, 5) is 0. The Balaban J connectivity index is 1.58. The Morgan fingerprint density at radius 3 is 2.55 bits per heavy atom. The number of rotatable bonds is 3.